The minimum absolute atomic E-state index is 0.196. The molecule has 1 fully saturated rings. The molecule has 0 saturated heterocycles. The molecule has 1 aliphatic rings. The Bertz CT molecular complexity index is 688. The molecule has 8 nitrogen and oxygen atoms in total. The molecule has 3 rings (SSSR count). The lowest BCUT2D eigenvalue weighted by Gasteiger charge is -2.36. The van der Waals surface area contributed by atoms with E-state index in [1.54, 1.807) is 11.8 Å². The zero-order valence-electron chi connectivity index (χ0n) is 13.4. The summed E-state index contributed by atoms with van der Waals surface area (Å²) < 4.78 is 4.59. The van der Waals surface area contributed by atoms with Gasteiger partial charge in [0.15, 0.2) is 5.69 Å². The Morgan fingerprint density at radius 3 is 2.38 bits per heavy atom. The van der Waals surface area contributed by atoms with Crippen LogP contribution in [0.15, 0.2) is 29.7 Å². The van der Waals surface area contributed by atoms with Gasteiger partial charge in [-0.15, -0.1) is 11.8 Å². The summed E-state index contributed by atoms with van der Waals surface area (Å²) in [7, 11) is 1.32. The van der Waals surface area contributed by atoms with Crippen LogP contribution >= 0.6 is 11.8 Å². The van der Waals surface area contributed by atoms with E-state index in [0.29, 0.717) is 23.8 Å². The molecule has 0 bridgehead atoms. The van der Waals surface area contributed by atoms with Crippen LogP contribution in [0.5, 0.6) is 0 Å². The molecule has 0 unspecified atom stereocenters. The molecule has 9 heteroatoms. The van der Waals surface area contributed by atoms with Crippen LogP contribution in [0, 0.1) is 0 Å². The molecular formula is C15H18N6O2S. The number of ether oxygens (including phenoxy) is 1. The second-order valence-corrected chi connectivity index (χ2v) is 6.26. The Morgan fingerprint density at radius 2 is 1.79 bits per heavy atom. The average molecular weight is 346 g/mol. The molecule has 0 amide bonds. The predicted molar refractivity (Wildman–Crippen MR) is 91.2 cm³/mol. The topological polar surface area (TPSA) is 102 Å². The minimum atomic E-state index is -0.491. The van der Waals surface area contributed by atoms with E-state index in [9.17, 15) is 4.79 Å². The molecule has 1 saturated carbocycles. The third kappa shape index (κ3) is 3.91. The van der Waals surface area contributed by atoms with E-state index in [-0.39, 0.29) is 5.69 Å². The first-order valence-electron chi connectivity index (χ1n) is 7.47. The highest BCUT2D eigenvalue weighted by Crippen LogP contribution is 2.26. The molecule has 0 atom stereocenters. The SMILES string of the molecule is COC(=O)c1cnc(N[C@H]2C[C@H](Nc3ncc(SC)cn3)C2)cn1. The van der Waals surface area contributed by atoms with Crippen molar-refractivity contribution in [3.63, 3.8) is 0 Å². The van der Waals surface area contributed by atoms with Gasteiger partial charge in [0.1, 0.15) is 5.82 Å². The summed E-state index contributed by atoms with van der Waals surface area (Å²) in [5, 5.41) is 6.60. The number of carbonyl (C=O) groups is 1. The van der Waals surface area contributed by atoms with Gasteiger partial charge in [-0.3, -0.25) is 0 Å². The lowest BCUT2D eigenvalue weighted by molar-refractivity contribution is 0.0593. The van der Waals surface area contributed by atoms with E-state index < -0.39 is 5.97 Å². The fraction of sp³-hybridized carbons (Fsp3) is 0.400. The number of nitrogens with one attached hydrogen (secondary N) is 2. The summed E-state index contributed by atoms with van der Waals surface area (Å²) in [5.74, 6) is 0.805. The standard InChI is InChI=1S/C15H18N6O2S/c1-23-14(22)12-7-17-13(8-16-12)20-9-3-10(4-9)21-15-18-5-11(24-2)6-19-15/h5-10H,3-4H2,1-2H3,(H,17,20)(H,18,19,21)/t9-,10-. The Morgan fingerprint density at radius 1 is 1.08 bits per heavy atom. The Kier molecular flexibility index (Phi) is 5.09. The van der Waals surface area contributed by atoms with E-state index in [0.717, 1.165) is 17.7 Å². The van der Waals surface area contributed by atoms with Crippen molar-refractivity contribution in [1.29, 1.82) is 0 Å². The van der Waals surface area contributed by atoms with Crippen LogP contribution in [0.3, 0.4) is 0 Å². The van der Waals surface area contributed by atoms with Crippen LogP contribution in [0.2, 0.25) is 0 Å². The van der Waals surface area contributed by atoms with Crippen molar-refractivity contribution in [2.75, 3.05) is 24.0 Å². The van der Waals surface area contributed by atoms with Gasteiger partial charge < -0.3 is 15.4 Å². The number of methoxy groups -OCH3 is 1. The first-order valence-corrected chi connectivity index (χ1v) is 8.70. The summed E-state index contributed by atoms with van der Waals surface area (Å²) in [6.07, 6.45) is 10.4. The lowest BCUT2D eigenvalue weighted by atomic mass is 9.87. The normalized spacial score (nSPS) is 19.2. The maximum atomic E-state index is 11.3. The quantitative estimate of drug-likeness (QED) is 0.599. The number of thioether (sulfide) groups is 1. The molecule has 0 aliphatic heterocycles. The van der Waals surface area contributed by atoms with Gasteiger partial charge in [-0.2, -0.15) is 0 Å². The number of hydrogen-bond donors (Lipinski definition) is 2. The Hall–Kier alpha value is -2.42. The summed E-state index contributed by atoms with van der Waals surface area (Å²) in [5.41, 5.74) is 0.196. The van der Waals surface area contributed by atoms with Crippen LogP contribution in [-0.2, 0) is 4.74 Å². The molecule has 126 valence electrons. The average Bonchev–Trinajstić information content (AvgIpc) is 2.60. The van der Waals surface area contributed by atoms with Crippen LogP contribution in [-0.4, -0.2) is 51.4 Å². The molecule has 24 heavy (non-hydrogen) atoms. The van der Waals surface area contributed by atoms with E-state index in [4.69, 9.17) is 0 Å². The number of aromatic nitrogens is 4. The lowest BCUT2D eigenvalue weighted by Crippen LogP contribution is -2.44. The van der Waals surface area contributed by atoms with Crippen molar-refractivity contribution in [1.82, 2.24) is 19.9 Å². The van der Waals surface area contributed by atoms with Crippen molar-refractivity contribution < 1.29 is 9.53 Å². The van der Waals surface area contributed by atoms with Crippen LogP contribution in [0.1, 0.15) is 23.3 Å². The highest BCUT2D eigenvalue weighted by molar-refractivity contribution is 7.98. The first-order chi connectivity index (χ1) is 11.7. The number of rotatable bonds is 6. The first kappa shape index (κ1) is 16.4. The minimum Gasteiger partial charge on any atom is -0.464 e. The molecule has 1 aliphatic carbocycles. The molecule has 2 N–H and O–H groups in total. The summed E-state index contributed by atoms with van der Waals surface area (Å²) in [4.78, 5) is 29.1. The molecule has 0 aromatic carbocycles. The maximum absolute atomic E-state index is 11.3. The maximum Gasteiger partial charge on any atom is 0.358 e. The van der Waals surface area contributed by atoms with Crippen molar-refractivity contribution >= 4 is 29.5 Å². The van der Waals surface area contributed by atoms with Gasteiger partial charge in [0, 0.05) is 29.4 Å². The smallest absolute Gasteiger partial charge is 0.358 e. The largest absolute Gasteiger partial charge is 0.464 e. The van der Waals surface area contributed by atoms with Crippen LogP contribution in [0.4, 0.5) is 11.8 Å². The summed E-state index contributed by atoms with van der Waals surface area (Å²) in [6, 6.07) is 0.649. The van der Waals surface area contributed by atoms with Gasteiger partial charge >= 0.3 is 5.97 Å². The highest BCUT2D eigenvalue weighted by atomic mass is 32.2. The molecule has 2 heterocycles. The second kappa shape index (κ2) is 7.43. The Balaban J connectivity index is 1.45. The number of esters is 1. The number of hydrogen-bond acceptors (Lipinski definition) is 9. The van der Waals surface area contributed by atoms with Crippen LogP contribution in [0.25, 0.3) is 0 Å². The predicted octanol–water partition coefficient (Wildman–Crippen LogP) is 1.83. The molecule has 2 aromatic heterocycles. The summed E-state index contributed by atoms with van der Waals surface area (Å²) >= 11 is 1.62. The molecule has 0 spiro atoms. The van der Waals surface area contributed by atoms with Gasteiger partial charge in [-0.05, 0) is 19.1 Å². The Labute approximate surface area is 143 Å². The van der Waals surface area contributed by atoms with Gasteiger partial charge in [0.25, 0.3) is 0 Å². The third-order valence-corrected chi connectivity index (χ3v) is 4.42. The van der Waals surface area contributed by atoms with E-state index in [1.165, 1.54) is 19.5 Å². The van der Waals surface area contributed by atoms with E-state index >= 15 is 0 Å². The van der Waals surface area contributed by atoms with Crippen molar-refractivity contribution in [3.8, 4) is 0 Å². The van der Waals surface area contributed by atoms with Crippen molar-refractivity contribution in [2.24, 2.45) is 0 Å². The number of carbonyl (C=O) groups excluding carboxylic acids is 1. The molecule has 0 radical (unpaired) electrons. The van der Waals surface area contributed by atoms with Gasteiger partial charge in [0.05, 0.1) is 19.5 Å². The van der Waals surface area contributed by atoms with Crippen LogP contribution < -0.4 is 10.6 Å². The second-order valence-electron chi connectivity index (χ2n) is 5.38. The van der Waals surface area contributed by atoms with E-state index in [1.807, 2.05) is 18.6 Å². The zero-order valence-corrected chi connectivity index (χ0v) is 14.2. The van der Waals surface area contributed by atoms with Gasteiger partial charge in [0.2, 0.25) is 5.95 Å². The van der Waals surface area contributed by atoms with Gasteiger partial charge in [-0.1, -0.05) is 0 Å². The molecular weight excluding hydrogens is 328 g/mol. The summed E-state index contributed by atoms with van der Waals surface area (Å²) in [6.45, 7) is 0. The van der Waals surface area contributed by atoms with Crippen molar-refractivity contribution in [3.05, 3.63) is 30.5 Å². The third-order valence-electron chi connectivity index (χ3n) is 3.73. The fourth-order valence-electron chi connectivity index (χ4n) is 2.35. The fourth-order valence-corrected chi connectivity index (χ4v) is 2.67. The monoisotopic (exact) mass is 346 g/mol. The highest BCUT2D eigenvalue weighted by Gasteiger charge is 2.29. The van der Waals surface area contributed by atoms with Gasteiger partial charge in [-0.25, -0.2) is 24.7 Å². The number of nitrogens with zero attached hydrogens (tertiary/aromatic N) is 4. The zero-order chi connectivity index (χ0) is 16.9. The number of anilines is 2. The van der Waals surface area contributed by atoms with Crippen molar-refractivity contribution in [2.45, 2.75) is 29.8 Å². The molecule has 2 aromatic rings. The van der Waals surface area contributed by atoms with E-state index in [2.05, 4.69) is 35.3 Å².